The van der Waals surface area contributed by atoms with Gasteiger partial charge in [0, 0.05) is 31.0 Å². The molecule has 4 heteroatoms. The maximum Gasteiger partial charge on any atom is 0.248 e. The first-order chi connectivity index (χ1) is 8.25. The van der Waals surface area contributed by atoms with E-state index < -0.39 is 0 Å². The summed E-state index contributed by atoms with van der Waals surface area (Å²) >= 11 is 0. The molecule has 1 aromatic carbocycles. The van der Waals surface area contributed by atoms with Crippen molar-refractivity contribution in [2.75, 3.05) is 25.1 Å². The second kappa shape index (κ2) is 5.68. The molecule has 17 heavy (non-hydrogen) atoms. The third-order valence-corrected chi connectivity index (χ3v) is 3.11. The number of hydrogen-bond donors (Lipinski definition) is 2. The minimum atomic E-state index is -0.388. The predicted octanol–water partition coefficient (Wildman–Crippen LogP) is 1.62. The molecule has 1 aliphatic rings. The summed E-state index contributed by atoms with van der Waals surface area (Å²) in [6.45, 7) is 2.69. The van der Waals surface area contributed by atoms with Crippen molar-refractivity contribution in [1.29, 1.82) is 0 Å². The first kappa shape index (κ1) is 11.9. The molecule has 92 valence electrons. The van der Waals surface area contributed by atoms with Crippen molar-refractivity contribution >= 4 is 11.6 Å². The lowest BCUT2D eigenvalue weighted by atomic mass is 10.0. The van der Waals surface area contributed by atoms with Gasteiger partial charge < -0.3 is 15.8 Å². The van der Waals surface area contributed by atoms with E-state index in [4.69, 9.17) is 10.5 Å². The smallest absolute Gasteiger partial charge is 0.248 e. The Bertz CT molecular complexity index is 370. The summed E-state index contributed by atoms with van der Waals surface area (Å²) in [7, 11) is 0. The average molecular weight is 234 g/mol. The lowest BCUT2D eigenvalue weighted by Gasteiger charge is -2.22. The molecule has 0 spiro atoms. The van der Waals surface area contributed by atoms with Crippen LogP contribution in [0.5, 0.6) is 0 Å². The summed E-state index contributed by atoms with van der Waals surface area (Å²) in [5, 5.41) is 3.37. The highest BCUT2D eigenvalue weighted by Crippen LogP contribution is 2.16. The summed E-state index contributed by atoms with van der Waals surface area (Å²) in [6, 6.07) is 7.27. The molecule has 1 aromatic rings. The minimum Gasteiger partial charge on any atom is -0.385 e. The first-order valence-electron chi connectivity index (χ1n) is 5.97. The van der Waals surface area contributed by atoms with Crippen LogP contribution >= 0.6 is 0 Å². The molecule has 1 saturated heterocycles. The molecule has 2 rings (SSSR count). The summed E-state index contributed by atoms with van der Waals surface area (Å²) in [6.07, 6.45) is 2.23. The van der Waals surface area contributed by atoms with Crippen LogP contribution < -0.4 is 11.1 Å². The number of nitrogens with one attached hydrogen (secondary N) is 1. The maximum absolute atomic E-state index is 10.9. The number of benzene rings is 1. The van der Waals surface area contributed by atoms with Crippen LogP contribution in [0.3, 0.4) is 0 Å². The molecule has 0 bridgehead atoms. The van der Waals surface area contributed by atoms with Gasteiger partial charge in [0.2, 0.25) is 5.91 Å². The van der Waals surface area contributed by atoms with E-state index in [9.17, 15) is 4.79 Å². The highest BCUT2D eigenvalue weighted by Gasteiger charge is 2.13. The van der Waals surface area contributed by atoms with Crippen molar-refractivity contribution in [3.8, 4) is 0 Å². The van der Waals surface area contributed by atoms with Crippen molar-refractivity contribution in [3.05, 3.63) is 29.8 Å². The highest BCUT2D eigenvalue weighted by molar-refractivity contribution is 5.93. The Morgan fingerprint density at radius 1 is 1.29 bits per heavy atom. The Morgan fingerprint density at radius 3 is 2.53 bits per heavy atom. The lowest BCUT2D eigenvalue weighted by Crippen LogP contribution is -2.22. The third-order valence-electron chi connectivity index (χ3n) is 3.11. The predicted molar refractivity (Wildman–Crippen MR) is 67.0 cm³/mol. The van der Waals surface area contributed by atoms with E-state index in [0.29, 0.717) is 11.5 Å². The van der Waals surface area contributed by atoms with Gasteiger partial charge in [0.05, 0.1) is 0 Å². The molecular formula is C13H18N2O2. The Hall–Kier alpha value is -1.55. The first-order valence-corrected chi connectivity index (χ1v) is 5.97. The van der Waals surface area contributed by atoms with Crippen LogP contribution in [-0.2, 0) is 4.74 Å². The lowest BCUT2D eigenvalue weighted by molar-refractivity contribution is 0.0699. The number of hydrogen-bond acceptors (Lipinski definition) is 3. The molecule has 1 amide bonds. The summed E-state index contributed by atoms with van der Waals surface area (Å²) in [5.74, 6) is 0.292. The molecule has 0 saturated carbocycles. The Balaban J connectivity index is 1.84. The molecule has 0 atom stereocenters. The average Bonchev–Trinajstić information content (AvgIpc) is 2.38. The molecule has 4 nitrogen and oxygen atoms in total. The number of anilines is 1. The van der Waals surface area contributed by atoms with Crippen LogP contribution in [0, 0.1) is 5.92 Å². The molecule has 0 radical (unpaired) electrons. The molecule has 1 fully saturated rings. The molecule has 1 heterocycles. The van der Waals surface area contributed by atoms with Crippen molar-refractivity contribution in [2.24, 2.45) is 11.7 Å². The zero-order chi connectivity index (χ0) is 12.1. The van der Waals surface area contributed by atoms with Gasteiger partial charge >= 0.3 is 0 Å². The van der Waals surface area contributed by atoms with Gasteiger partial charge in [0.15, 0.2) is 0 Å². The standard InChI is InChI=1S/C13H18N2O2/c14-13(16)11-1-3-12(4-2-11)15-9-10-5-7-17-8-6-10/h1-4,10,15H,5-9H2,(H2,14,16). The fraction of sp³-hybridized carbons (Fsp3) is 0.462. The van der Waals surface area contributed by atoms with Crippen molar-refractivity contribution < 1.29 is 9.53 Å². The van der Waals surface area contributed by atoms with Crippen molar-refractivity contribution in [2.45, 2.75) is 12.8 Å². The van der Waals surface area contributed by atoms with Gasteiger partial charge in [-0.25, -0.2) is 0 Å². The van der Waals surface area contributed by atoms with E-state index in [0.717, 1.165) is 38.3 Å². The normalized spacial score (nSPS) is 16.7. The summed E-state index contributed by atoms with van der Waals surface area (Å²) < 4.78 is 5.31. The number of nitrogens with two attached hydrogens (primary N) is 1. The SMILES string of the molecule is NC(=O)c1ccc(NCC2CCOCC2)cc1. The number of amides is 1. The molecule has 1 aliphatic heterocycles. The summed E-state index contributed by atoms with van der Waals surface area (Å²) in [4.78, 5) is 10.9. The second-order valence-corrected chi connectivity index (χ2v) is 4.38. The summed E-state index contributed by atoms with van der Waals surface area (Å²) in [5.41, 5.74) is 6.75. The van der Waals surface area contributed by atoms with Crippen LogP contribution in [0.15, 0.2) is 24.3 Å². The van der Waals surface area contributed by atoms with Gasteiger partial charge in [0.1, 0.15) is 0 Å². The molecule has 3 N–H and O–H groups in total. The molecule has 0 unspecified atom stereocenters. The van der Waals surface area contributed by atoms with E-state index in [2.05, 4.69) is 5.32 Å². The molecule has 0 aliphatic carbocycles. The van der Waals surface area contributed by atoms with E-state index >= 15 is 0 Å². The zero-order valence-corrected chi connectivity index (χ0v) is 9.82. The topological polar surface area (TPSA) is 64.4 Å². The van der Waals surface area contributed by atoms with Gasteiger partial charge in [-0.1, -0.05) is 0 Å². The number of carbonyl (C=O) groups is 1. The van der Waals surface area contributed by atoms with Crippen molar-refractivity contribution in [3.63, 3.8) is 0 Å². The highest BCUT2D eigenvalue weighted by atomic mass is 16.5. The van der Waals surface area contributed by atoms with Gasteiger partial charge in [-0.15, -0.1) is 0 Å². The van der Waals surface area contributed by atoms with Gasteiger partial charge in [-0.2, -0.15) is 0 Å². The van der Waals surface area contributed by atoms with Crippen LogP contribution in [0.25, 0.3) is 0 Å². The zero-order valence-electron chi connectivity index (χ0n) is 9.82. The number of primary amides is 1. The Morgan fingerprint density at radius 2 is 1.94 bits per heavy atom. The van der Waals surface area contributed by atoms with Gasteiger partial charge in [-0.3, -0.25) is 4.79 Å². The molecule has 0 aromatic heterocycles. The number of rotatable bonds is 4. The van der Waals surface area contributed by atoms with Crippen LogP contribution in [0.2, 0.25) is 0 Å². The number of carbonyl (C=O) groups excluding carboxylic acids is 1. The molecular weight excluding hydrogens is 216 g/mol. The maximum atomic E-state index is 10.9. The van der Waals surface area contributed by atoms with E-state index in [-0.39, 0.29) is 5.91 Å². The van der Waals surface area contributed by atoms with E-state index in [1.165, 1.54) is 0 Å². The van der Waals surface area contributed by atoms with Crippen molar-refractivity contribution in [1.82, 2.24) is 0 Å². The second-order valence-electron chi connectivity index (χ2n) is 4.38. The fourth-order valence-electron chi connectivity index (χ4n) is 1.97. The van der Waals surface area contributed by atoms with Gasteiger partial charge in [-0.05, 0) is 43.0 Å². The quantitative estimate of drug-likeness (QED) is 0.832. The Kier molecular flexibility index (Phi) is 3.98. The van der Waals surface area contributed by atoms with Gasteiger partial charge in [0.25, 0.3) is 0 Å². The number of ether oxygens (including phenoxy) is 1. The van der Waals surface area contributed by atoms with E-state index in [1.54, 1.807) is 12.1 Å². The monoisotopic (exact) mass is 234 g/mol. The van der Waals surface area contributed by atoms with E-state index in [1.807, 2.05) is 12.1 Å². The fourth-order valence-corrected chi connectivity index (χ4v) is 1.97. The van der Waals surface area contributed by atoms with Crippen LogP contribution in [-0.4, -0.2) is 25.7 Å². The minimum absolute atomic E-state index is 0.388. The Labute approximate surface area is 101 Å². The largest absolute Gasteiger partial charge is 0.385 e. The van der Waals surface area contributed by atoms with Crippen LogP contribution in [0.1, 0.15) is 23.2 Å². The van der Waals surface area contributed by atoms with Crippen LogP contribution in [0.4, 0.5) is 5.69 Å². The third kappa shape index (κ3) is 3.46.